The number of aromatic nitrogens is 2. The lowest BCUT2D eigenvalue weighted by atomic mass is 9.89. The molecular formula is C17H23N3O3. The molecule has 0 radical (unpaired) electrons. The van der Waals surface area contributed by atoms with Gasteiger partial charge in [-0.15, -0.1) is 0 Å². The minimum Gasteiger partial charge on any atom is -0.497 e. The molecule has 2 rings (SSSR count). The first-order valence-electron chi connectivity index (χ1n) is 7.47. The smallest absolute Gasteiger partial charge is 0.269 e. The molecule has 1 amide bonds. The summed E-state index contributed by atoms with van der Waals surface area (Å²) in [6.45, 7) is 5.95. The molecule has 0 bridgehead atoms. The summed E-state index contributed by atoms with van der Waals surface area (Å²) in [5.74, 6) is 0.471. The average molecular weight is 317 g/mol. The van der Waals surface area contributed by atoms with Crippen molar-refractivity contribution in [2.45, 2.75) is 26.9 Å². The van der Waals surface area contributed by atoms with Crippen LogP contribution in [0.1, 0.15) is 31.3 Å². The summed E-state index contributed by atoms with van der Waals surface area (Å²) in [5, 5.41) is 19.5. The number of aromatic amines is 1. The molecule has 0 spiro atoms. The molecule has 1 unspecified atom stereocenters. The van der Waals surface area contributed by atoms with E-state index in [4.69, 9.17) is 4.74 Å². The number of methoxy groups -OCH3 is 1. The van der Waals surface area contributed by atoms with Crippen molar-refractivity contribution in [1.82, 2.24) is 15.5 Å². The molecule has 23 heavy (non-hydrogen) atoms. The molecule has 1 aromatic carbocycles. The lowest BCUT2D eigenvalue weighted by Crippen LogP contribution is -2.39. The van der Waals surface area contributed by atoms with Gasteiger partial charge in [0, 0.05) is 12.1 Å². The molecule has 124 valence electrons. The zero-order valence-electron chi connectivity index (χ0n) is 13.9. The molecule has 0 saturated carbocycles. The molecule has 2 aromatic rings. The fraction of sp³-hybridized carbons (Fsp3) is 0.412. The maximum Gasteiger partial charge on any atom is 0.269 e. The van der Waals surface area contributed by atoms with Crippen molar-refractivity contribution < 1.29 is 14.6 Å². The first-order chi connectivity index (χ1) is 10.8. The fourth-order valence-corrected chi connectivity index (χ4v) is 1.94. The van der Waals surface area contributed by atoms with Crippen LogP contribution in [0.5, 0.6) is 5.75 Å². The van der Waals surface area contributed by atoms with Gasteiger partial charge in [-0.3, -0.25) is 9.89 Å². The van der Waals surface area contributed by atoms with Crippen molar-refractivity contribution in [2.75, 3.05) is 13.7 Å². The van der Waals surface area contributed by atoms with Crippen LogP contribution in [0.25, 0.3) is 11.3 Å². The van der Waals surface area contributed by atoms with Crippen LogP contribution in [0.15, 0.2) is 30.3 Å². The van der Waals surface area contributed by atoms with Gasteiger partial charge in [-0.25, -0.2) is 0 Å². The number of nitrogens with one attached hydrogen (secondary N) is 2. The Morgan fingerprint density at radius 2 is 2.00 bits per heavy atom. The lowest BCUT2D eigenvalue weighted by Gasteiger charge is -2.25. The van der Waals surface area contributed by atoms with E-state index in [9.17, 15) is 9.90 Å². The Morgan fingerprint density at radius 3 is 2.57 bits per heavy atom. The fourth-order valence-electron chi connectivity index (χ4n) is 1.94. The Morgan fingerprint density at radius 1 is 1.35 bits per heavy atom. The summed E-state index contributed by atoms with van der Waals surface area (Å²) in [6.07, 6.45) is -0.615. The van der Waals surface area contributed by atoms with Gasteiger partial charge in [0.2, 0.25) is 0 Å². The Bertz CT molecular complexity index is 656. The summed E-state index contributed by atoms with van der Waals surface area (Å²) < 4.78 is 5.11. The first kappa shape index (κ1) is 17.0. The summed E-state index contributed by atoms with van der Waals surface area (Å²) in [5.41, 5.74) is 1.64. The van der Waals surface area contributed by atoms with Gasteiger partial charge >= 0.3 is 0 Å². The number of carbonyl (C=O) groups excluding carboxylic acids is 1. The zero-order valence-corrected chi connectivity index (χ0v) is 13.9. The topological polar surface area (TPSA) is 87.2 Å². The third-order valence-electron chi connectivity index (χ3n) is 3.66. The summed E-state index contributed by atoms with van der Waals surface area (Å²) in [4.78, 5) is 12.1. The Kier molecular flexibility index (Phi) is 5.05. The van der Waals surface area contributed by atoms with Gasteiger partial charge in [0.15, 0.2) is 0 Å². The predicted octanol–water partition coefficient (Wildman–Crippen LogP) is 2.22. The molecule has 6 heteroatoms. The van der Waals surface area contributed by atoms with E-state index >= 15 is 0 Å². The summed E-state index contributed by atoms with van der Waals surface area (Å²) in [7, 11) is 1.61. The van der Waals surface area contributed by atoms with E-state index < -0.39 is 6.10 Å². The van der Waals surface area contributed by atoms with E-state index in [0.29, 0.717) is 11.4 Å². The quantitative estimate of drug-likeness (QED) is 0.789. The first-order valence-corrected chi connectivity index (χ1v) is 7.47. The lowest BCUT2D eigenvalue weighted by molar-refractivity contribution is 0.0585. The van der Waals surface area contributed by atoms with Crippen LogP contribution in [0.4, 0.5) is 0 Å². The van der Waals surface area contributed by atoms with Gasteiger partial charge in [-0.05, 0) is 35.7 Å². The van der Waals surface area contributed by atoms with Crippen LogP contribution in [-0.2, 0) is 0 Å². The number of H-pyrrole nitrogens is 1. The number of aliphatic hydroxyl groups is 1. The Labute approximate surface area is 135 Å². The highest BCUT2D eigenvalue weighted by Crippen LogP contribution is 2.21. The van der Waals surface area contributed by atoms with Crippen molar-refractivity contribution in [1.29, 1.82) is 0 Å². The third kappa shape index (κ3) is 4.32. The molecule has 0 saturated heterocycles. The number of benzene rings is 1. The standard InChI is InChI=1S/C17H23N3O3/c1-17(2,3)15(21)10-18-16(22)14-9-13(19-20-14)11-5-7-12(23-4)8-6-11/h5-9,15,21H,10H2,1-4H3,(H,18,22)(H,19,20). The number of carbonyl (C=O) groups is 1. The van der Waals surface area contributed by atoms with Crippen molar-refractivity contribution in [3.63, 3.8) is 0 Å². The minimum absolute atomic E-state index is 0.194. The normalized spacial score (nSPS) is 12.7. The molecule has 1 atom stereocenters. The molecule has 0 aliphatic rings. The maximum absolute atomic E-state index is 12.1. The van der Waals surface area contributed by atoms with E-state index in [1.165, 1.54) is 0 Å². The van der Waals surface area contributed by atoms with Gasteiger partial charge in [0.05, 0.1) is 18.9 Å². The monoisotopic (exact) mass is 317 g/mol. The highest BCUT2D eigenvalue weighted by Gasteiger charge is 2.23. The summed E-state index contributed by atoms with van der Waals surface area (Å²) >= 11 is 0. The largest absolute Gasteiger partial charge is 0.497 e. The van der Waals surface area contributed by atoms with Crippen LogP contribution in [-0.4, -0.2) is 41.0 Å². The highest BCUT2D eigenvalue weighted by atomic mass is 16.5. The van der Waals surface area contributed by atoms with Crippen LogP contribution < -0.4 is 10.1 Å². The number of hydrogen-bond donors (Lipinski definition) is 3. The van der Waals surface area contributed by atoms with Crippen LogP contribution in [0.3, 0.4) is 0 Å². The molecule has 0 fully saturated rings. The second-order valence-electron chi connectivity index (χ2n) is 6.49. The molecule has 0 aliphatic carbocycles. The van der Waals surface area contributed by atoms with Crippen molar-refractivity contribution in [2.24, 2.45) is 5.41 Å². The van der Waals surface area contributed by atoms with Crippen LogP contribution in [0, 0.1) is 5.41 Å². The molecular weight excluding hydrogens is 294 g/mol. The molecule has 6 nitrogen and oxygen atoms in total. The molecule has 3 N–H and O–H groups in total. The number of rotatable bonds is 5. The van der Waals surface area contributed by atoms with Gasteiger partial charge in [0.25, 0.3) is 5.91 Å². The number of nitrogens with zero attached hydrogens (tertiary/aromatic N) is 1. The van der Waals surface area contributed by atoms with E-state index in [2.05, 4.69) is 15.5 Å². The molecule has 1 heterocycles. The van der Waals surface area contributed by atoms with Crippen LogP contribution >= 0.6 is 0 Å². The Balaban J connectivity index is 2.02. The van der Waals surface area contributed by atoms with Crippen molar-refractivity contribution in [3.8, 4) is 17.0 Å². The average Bonchev–Trinajstić information content (AvgIpc) is 3.01. The maximum atomic E-state index is 12.1. The summed E-state index contributed by atoms with van der Waals surface area (Å²) in [6, 6.07) is 9.10. The highest BCUT2D eigenvalue weighted by molar-refractivity contribution is 5.93. The van der Waals surface area contributed by atoms with Gasteiger partial charge in [-0.1, -0.05) is 20.8 Å². The second kappa shape index (κ2) is 6.83. The van der Waals surface area contributed by atoms with E-state index in [1.54, 1.807) is 13.2 Å². The third-order valence-corrected chi connectivity index (χ3v) is 3.66. The minimum atomic E-state index is -0.615. The predicted molar refractivity (Wildman–Crippen MR) is 88.4 cm³/mol. The second-order valence-corrected chi connectivity index (χ2v) is 6.49. The van der Waals surface area contributed by atoms with E-state index in [1.807, 2.05) is 45.0 Å². The van der Waals surface area contributed by atoms with Crippen molar-refractivity contribution in [3.05, 3.63) is 36.0 Å². The zero-order chi connectivity index (χ0) is 17.0. The van der Waals surface area contributed by atoms with Gasteiger partial charge in [0.1, 0.15) is 11.4 Å². The van der Waals surface area contributed by atoms with E-state index in [0.717, 1.165) is 11.3 Å². The van der Waals surface area contributed by atoms with Gasteiger partial charge in [-0.2, -0.15) is 5.10 Å². The van der Waals surface area contributed by atoms with Crippen LogP contribution in [0.2, 0.25) is 0 Å². The SMILES string of the molecule is COc1ccc(-c2cc(C(=O)NCC(O)C(C)(C)C)[nH]n2)cc1. The van der Waals surface area contributed by atoms with Crippen molar-refractivity contribution >= 4 is 5.91 Å². The number of hydrogen-bond acceptors (Lipinski definition) is 4. The molecule has 1 aromatic heterocycles. The Hall–Kier alpha value is -2.34. The van der Waals surface area contributed by atoms with E-state index in [-0.39, 0.29) is 17.9 Å². The number of amides is 1. The van der Waals surface area contributed by atoms with Gasteiger partial charge < -0.3 is 15.2 Å². The number of aliphatic hydroxyl groups excluding tert-OH is 1. The number of ether oxygens (including phenoxy) is 1. The molecule has 0 aliphatic heterocycles.